The minimum absolute atomic E-state index is 0.0239. The van der Waals surface area contributed by atoms with Crippen molar-refractivity contribution >= 4 is 34.0 Å². The van der Waals surface area contributed by atoms with Gasteiger partial charge in [-0.1, -0.05) is 53.7 Å². The van der Waals surface area contributed by atoms with Gasteiger partial charge in [0, 0.05) is 11.6 Å². The maximum Gasteiger partial charge on any atom is 0.301 e. The Hall–Kier alpha value is -4.39. The second-order valence-electron chi connectivity index (χ2n) is 7.80. The van der Waals surface area contributed by atoms with Crippen LogP contribution >= 0.6 is 0 Å². The zero-order valence-corrected chi connectivity index (χ0v) is 18.0. The molecular formula is C26H20N2O5. The van der Waals surface area contributed by atoms with Crippen LogP contribution in [0.4, 0.5) is 5.82 Å². The molecule has 3 aromatic carbocycles. The number of carbonyl (C=O) groups is 2. The number of aliphatic hydroxyl groups excluding tert-OH is 1. The summed E-state index contributed by atoms with van der Waals surface area (Å²) in [7, 11) is 1.53. The Kier molecular flexibility index (Phi) is 4.94. The molecule has 0 aliphatic carbocycles. The fourth-order valence-corrected chi connectivity index (χ4v) is 4.15. The van der Waals surface area contributed by atoms with Gasteiger partial charge in [0.15, 0.2) is 5.82 Å². The summed E-state index contributed by atoms with van der Waals surface area (Å²) in [6, 6.07) is 20.8. The lowest BCUT2D eigenvalue weighted by molar-refractivity contribution is -0.132. The largest absolute Gasteiger partial charge is 0.507 e. The van der Waals surface area contributed by atoms with E-state index in [1.807, 2.05) is 30.3 Å². The number of anilines is 1. The highest BCUT2D eigenvalue weighted by Crippen LogP contribution is 2.42. The van der Waals surface area contributed by atoms with Crippen LogP contribution in [-0.2, 0) is 9.59 Å². The fraction of sp³-hybridized carbons (Fsp3) is 0.115. The van der Waals surface area contributed by atoms with Crippen LogP contribution in [0.2, 0.25) is 0 Å². The number of rotatable bonds is 4. The molecule has 1 aliphatic rings. The molecule has 7 nitrogen and oxygen atoms in total. The van der Waals surface area contributed by atoms with Crippen LogP contribution in [0.15, 0.2) is 82.9 Å². The molecule has 0 spiro atoms. The second kappa shape index (κ2) is 7.94. The van der Waals surface area contributed by atoms with Crippen LogP contribution in [0.3, 0.4) is 0 Å². The topological polar surface area (TPSA) is 92.9 Å². The molecule has 2 heterocycles. The summed E-state index contributed by atoms with van der Waals surface area (Å²) in [5.74, 6) is -0.604. The Morgan fingerprint density at radius 1 is 1.00 bits per heavy atom. The molecule has 7 heteroatoms. The molecule has 1 amide bonds. The van der Waals surface area contributed by atoms with Crippen LogP contribution in [0.1, 0.15) is 22.9 Å². The van der Waals surface area contributed by atoms with Crippen molar-refractivity contribution in [3.8, 4) is 5.75 Å². The van der Waals surface area contributed by atoms with Gasteiger partial charge >= 0.3 is 5.91 Å². The first kappa shape index (κ1) is 20.5. The minimum atomic E-state index is -0.906. The Balaban J connectivity index is 1.73. The van der Waals surface area contributed by atoms with Crippen LogP contribution < -0.4 is 9.64 Å². The van der Waals surface area contributed by atoms with Gasteiger partial charge in [-0.05, 0) is 41.5 Å². The average Bonchev–Trinajstić information content (AvgIpc) is 3.38. The fourth-order valence-electron chi connectivity index (χ4n) is 4.15. The number of amides is 1. The number of carbonyl (C=O) groups excluding carboxylic acids is 2. The van der Waals surface area contributed by atoms with Gasteiger partial charge in [0.25, 0.3) is 5.78 Å². The first-order valence-corrected chi connectivity index (χ1v) is 10.4. The molecule has 1 saturated heterocycles. The highest BCUT2D eigenvalue weighted by atomic mass is 16.5. The molecule has 1 fully saturated rings. The number of hydrogen-bond acceptors (Lipinski definition) is 6. The predicted octanol–water partition coefficient (Wildman–Crippen LogP) is 4.77. The van der Waals surface area contributed by atoms with E-state index in [9.17, 15) is 14.7 Å². The van der Waals surface area contributed by atoms with E-state index in [0.717, 1.165) is 10.8 Å². The van der Waals surface area contributed by atoms with E-state index in [2.05, 4.69) is 5.16 Å². The van der Waals surface area contributed by atoms with Crippen LogP contribution in [0, 0.1) is 6.92 Å². The van der Waals surface area contributed by atoms with E-state index in [0.29, 0.717) is 22.6 Å². The average molecular weight is 440 g/mol. The summed E-state index contributed by atoms with van der Waals surface area (Å²) in [5.41, 5.74) is 1.01. The number of ketones is 1. The number of ether oxygens (including phenoxy) is 1. The van der Waals surface area contributed by atoms with Gasteiger partial charge in [0.2, 0.25) is 0 Å². The maximum atomic E-state index is 13.2. The number of aryl methyl sites for hydroxylation is 1. The van der Waals surface area contributed by atoms with E-state index in [1.165, 1.54) is 12.0 Å². The number of methoxy groups -OCH3 is 1. The Labute approximate surface area is 189 Å². The molecule has 1 aromatic heterocycles. The molecule has 0 radical (unpaired) electrons. The molecule has 1 N–H and O–H groups in total. The minimum Gasteiger partial charge on any atom is -0.507 e. The second-order valence-corrected chi connectivity index (χ2v) is 7.80. The molecule has 164 valence electrons. The summed E-state index contributed by atoms with van der Waals surface area (Å²) in [6.45, 7) is 1.70. The van der Waals surface area contributed by atoms with Gasteiger partial charge in [-0.3, -0.25) is 14.5 Å². The van der Waals surface area contributed by atoms with Crippen LogP contribution in [0.25, 0.3) is 16.5 Å². The number of benzene rings is 3. The third kappa shape index (κ3) is 3.43. The lowest BCUT2D eigenvalue weighted by Gasteiger charge is -2.23. The number of hydrogen-bond donors (Lipinski definition) is 1. The van der Waals surface area contributed by atoms with Crippen LogP contribution in [0.5, 0.6) is 5.75 Å². The van der Waals surface area contributed by atoms with E-state index < -0.39 is 17.7 Å². The third-order valence-corrected chi connectivity index (χ3v) is 5.74. The van der Waals surface area contributed by atoms with Crippen molar-refractivity contribution < 1.29 is 24.0 Å². The van der Waals surface area contributed by atoms with Crippen molar-refractivity contribution in [1.29, 1.82) is 0 Å². The van der Waals surface area contributed by atoms with E-state index in [4.69, 9.17) is 9.26 Å². The zero-order chi connectivity index (χ0) is 23.1. The van der Waals surface area contributed by atoms with Crippen molar-refractivity contribution in [3.05, 3.63) is 95.3 Å². The highest BCUT2D eigenvalue weighted by Gasteiger charge is 2.48. The zero-order valence-electron chi connectivity index (χ0n) is 18.0. The molecule has 0 unspecified atom stereocenters. The van der Waals surface area contributed by atoms with Crippen molar-refractivity contribution in [3.63, 3.8) is 0 Å². The molecule has 33 heavy (non-hydrogen) atoms. The Morgan fingerprint density at radius 2 is 1.79 bits per heavy atom. The van der Waals surface area contributed by atoms with Gasteiger partial charge in [-0.15, -0.1) is 0 Å². The molecule has 1 atom stereocenters. The third-order valence-electron chi connectivity index (χ3n) is 5.74. The number of fused-ring (bicyclic) bond motifs is 1. The summed E-state index contributed by atoms with van der Waals surface area (Å²) < 4.78 is 10.5. The lowest BCUT2D eigenvalue weighted by Crippen LogP contribution is -2.29. The van der Waals surface area contributed by atoms with Gasteiger partial charge in [0.1, 0.15) is 17.3 Å². The van der Waals surface area contributed by atoms with Crippen LogP contribution in [-0.4, -0.2) is 29.1 Å². The van der Waals surface area contributed by atoms with Crippen molar-refractivity contribution in [2.75, 3.05) is 12.0 Å². The summed E-state index contributed by atoms with van der Waals surface area (Å²) in [5, 5.41) is 17.2. The normalized spacial score (nSPS) is 17.6. The molecule has 1 aliphatic heterocycles. The van der Waals surface area contributed by atoms with Gasteiger partial charge in [-0.2, -0.15) is 0 Å². The summed E-state index contributed by atoms with van der Waals surface area (Å²) in [4.78, 5) is 27.6. The quantitative estimate of drug-likeness (QED) is 0.279. The first-order valence-electron chi connectivity index (χ1n) is 10.4. The Morgan fingerprint density at radius 3 is 2.52 bits per heavy atom. The van der Waals surface area contributed by atoms with Gasteiger partial charge in [0.05, 0.1) is 18.7 Å². The van der Waals surface area contributed by atoms with Crippen molar-refractivity contribution in [1.82, 2.24) is 5.16 Å². The molecule has 4 aromatic rings. The maximum absolute atomic E-state index is 13.2. The van der Waals surface area contributed by atoms with E-state index in [1.54, 1.807) is 49.4 Å². The number of aromatic nitrogens is 1. The predicted molar refractivity (Wildman–Crippen MR) is 123 cm³/mol. The van der Waals surface area contributed by atoms with Gasteiger partial charge < -0.3 is 14.4 Å². The smallest absolute Gasteiger partial charge is 0.301 e. The first-order chi connectivity index (χ1) is 16.0. The van der Waals surface area contributed by atoms with E-state index >= 15 is 0 Å². The SMILES string of the molecule is COc1cccc([C@H]2C(=C(O)c3ccc4ccccc4c3)C(=O)C(=O)N2c2cc(C)on2)c1. The number of aliphatic hydroxyl groups is 1. The highest BCUT2D eigenvalue weighted by molar-refractivity contribution is 6.51. The summed E-state index contributed by atoms with van der Waals surface area (Å²) in [6.07, 6.45) is 0. The molecule has 0 bridgehead atoms. The monoisotopic (exact) mass is 440 g/mol. The molecule has 5 rings (SSSR count). The molecule has 0 saturated carbocycles. The standard InChI is InChI=1S/C26H20N2O5/c1-15-12-21(27-33-15)28-23(18-8-5-9-20(14-18)32-2)22(25(30)26(28)31)24(29)19-11-10-16-6-3-4-7-17(16)13-19/h3-14,23,29H,1-2H3/t23-/m0/s1. The van der Waals surface area contributed by atoms with Crippen molar-refractivity contribution in [2.24, 2.45) is 0 Å². The number of nitrogens with zero attached hydrogens (tertiary/aromatic N) is 2. The molecular weight excluding hydrogens is 420 g/mol. The number of Topliss-reactive ketones (excluding diaryl/α,β-unsaturated/α-hetero) is 1. The lowest BCUT2D eigenvalue weighted by atomic mass is 9.94. The van der Waals surface area contributed by atoms with Gasteiger partial charge in [-0.25, -0.2) is 0 Å². The summed E-state index contributed by atoms with van der Waals surface area (Å²) >= 11 is 0. The Bertz CT molecular complexity index is 1440. The van der Waals surface area contributed by atoms with Crippen molar-refractivity contribution in [2.45, 2.75) is 13.0 Å². The van der Waals surface area contributed by atoms with E-state index in [-0.39, 0.29) is 17.2 Å².